The van der Waals surface area contributed by atoms with Gasteiger partial charge in [-0.1, -0.05) is 0 Å². The number of rotatable bonds is 5. The van der Waals surface area contributed by atoms with Crippen LogP contribution in [0.1, 0.15) is 12.6 Å². The van der Waals surface area contributed by atoms with Crippen LogP contribution in [0.2, 0.25) is 0 Å². The molecule has 1 aromatic heterocycles. The second-order valence-electron chi connectivity index (χ2n) is 3.17. The molecular formula is C10H13F3N2O. The molecule has 3 nitrogen and oxygen atoms in total. The monoisotopic (exact) mass is 234 g/mol. The molecule has 0 aliphatic heterocycles. The van der Waals surface area contributed by atoms with Crippen LogP contribution >= 0.6 is 0 Å². The number of halogens is 3. The Morgan fingerprint density at radius 2 is 2.19 bits per heavy atom. The zero-order valence-electron chi connectivity index (χ0n) is 8.84. The first-order valence-corrected chi connectivity index (χ1v) is 4.84. The topological polar surface area (TPSA) is 34.2 Å². The largest absolute Gasteiger partial charge is 0.411 e. The van der Waals surface area contributed by atoms with Crippen molar-refractivity contribution in [2.75, 3.05) is 18.5 Å². The number of nitrogens with zero attached hydrogens (tertiary/aromatic N) is 1. The van der Waals surface area contributed by atoms with Gasteiger partial charge in [-0.2, -0.15) is 13.2 Å². The van der Waals surface area contributed by atoms with Gasteiger partial charge in [0.15, 0.2) is 0 Å². The molecule has 1 N–H and O–H groups in total. The third-order valence-corrected chi connectivity index (χ3v) is 1.71. The molecule has 0 saturated carbocycles. The Morgan fingerprint density at radius 1 is 1.44 bits per heavy atom. The van der Waals surface area contributed by atoms with Crippen LogP contribution in [0, 0.1) is 0 Å². The van der Waals surface area contributed by atoms with Gasteiger partial charge in [-0.15, -0.1) is 0 Å². The number of pyridine rings is 1. The van der Waals surface area contributed by atoms with Gasteiger partial charge in [0.05, 0.1) is 12.3 Å². The molecule has 0 fully saturated rings. The lowest BCUT2D eigenvalue weighted by Gasteiger charge is -2.08. The highest BCUT2D eigenvalue weighted by atomic mass is 19.4. The van der Waals surface area contributed by atoms with Crippen molar-refractivity contribution in [2.45, 2.75) is 19.7 Å². The third-order valence-electron chi connectivity index (χ3n) is 1.71. The Morgan fingerprint density at radius 3 is 2.81 bits per heavy atom. The van der Waals surface area contributed by atoms with Crippen molar-refractivity contribution >= 4 is 5.69 Å². The van der Waals surface area contributed by atoms with Gasteiger partial charge in [-0.3, -0.25) is 4.98 Å². The van der Waals surface area contributed by atoms with Gasteiger partial charge in [0.25, 0.3) is 0 Å². The van der Waals surface area contributed by atoms with E-state index in [2.05, 4.69) is 15.0 Å². The number of hydrogen-bond donors (Lipinski definition) is 1. The summed E-state index contributed by atoms with van der Waals surface area (Å²) >= 11 is 0. The molecule has 1 aromatic rings. The van der Waals surface area contributed by atoms with Crippen LogP contribution in [0.25, 0.3) is 0 Å². The molecule has 1 heterocycles. The van der Waals surface area contributed by atoms with Crippen molar-refractivity contribution < 1.29 is 17.9 Å². The van der Waals surface area contributed by atoms with E-state index in [4.69, 9.17) is 0 Å². The highest BCUT2D eigenvalue weighted by Gasteiger charge is 2.27. The van der Waals surface area contributed by atoms with E-state index in [0.717, 1.165) is 12.2 Å². The lowest BCUT2D eigenvalue weighted by Crippen LogP contribution is -2.17. The molecule has 6 heteroatoms. The summed E-state index contributed by atoms with van der Waals surface area (Å²) in [5.41, 5.74) is 1.30. The fourth-order valence-electron chi connectivity index (χ4n) is 1.14. The summed E-state index contributed by atoms with van der Waals surface area (Å²) in [5, 5.41) is 3.04. The van der Waals surface area contributed by atoms with Crippen LogP contribution in [-0.4, -0.2) is 24.3 Å². The number of hydrogen-bond acceptors (Lipinski definition) is 3. The Balaban J connectivity index is 2.44. The Labute approximate surface area is 91.6 Å². The highest BCUT2D eigenvalue weighted by molar-refractivity contribution is 5.42. The fourth-order valence-corrected chi connectivity index (χ4v) is 1.14. The number of alkyl halides is 3. The predicted molar refractivity (Wildman–Crippen MR) is 54.1 cm³/mol. The van der Waals surface area contributed by atoms with E-state index < -0.39 is 12.8 Å². The van der Waals surface area contributed by atoms with Crippen LogP contribution in [0.3, 0.4) is 0 Å². The van der Waals surface area contributed by atoms with Crippen LogP contribution in [0.4, 0.5) is 18.9 Å². The van der Waals surface area contributed by atoms with Crippen molar-refractivity contribution in [3.05, 3.63) is 24.0 Å². The molecule has 1 rings (SSSR count). The minimum absolute atomic E-state index is 0.140. The highest BCUT2D eigenvalue weighted by Crippen LogP contribution is 2.15. The summed E-state index contributed by atoms with van der Waals surface area (Å²) in [6, 6.07) is 3.41. The van der Waals surface area contributed by atoms with Crippen molar-refractivity contribution in [1.82, 2.24) is 4.98 Å². The first-order valence-electron chi connectivity index (χ1n) is 4.84. The van der Waals surface area contributed by atoms with E-state index in [1.54, 1.807) is 12.1 Å². The van der Waals surface area contributed by atoms with Crippen LogP contribution in [0.5, 0.6) is 0 Å². The summed E-state index contributed by atoms with van der Waals surface area (Å²) in [7, 11) is 0. The van der Waals surface area contributed by atoms with E-state index in [-0.39, 0.29) is 6.61 Å². The average Bonchev–Trinajstić information content (AvgIpc) is 2.17. The average molecular weight is 234 g/mol. The van der Waals surface area contributed by atoms with Crippen molar-refractivity contribution in [1.29, 1.82) is 0 Å². The van der Waals surface area contributed by atoms with Crippen molar-refractivity contribution in [2.24, 2.45) is 0 Å². The van der Waals surface area contributed by atoms with Gasteiger partial charge in [-0.25, -0.2) is 0 Å². The summed E-state index contributed by atoms with van der Waals surface area (Å²) < 4.78 is 39.9. The molecule has 0 amide bonds. The van der Waals surface area contributed by atoms with Crippen LogP contribution in [0.15, 0.2) is 18.3 Å². The maximum absolute atomic E-state index is 11.8. The van der Waals surface area contributed by atoms with Gasteiger partial charge in [0.2, 0.25) is 0 Å². The molecule has 90 valence electrons. The summed E-state index contributed by atoms with van der Waals surface area (Å²) in [4.78, 5) is 3.91. The predicted octanol–water partition coefficient (Wildman–Crippen LogP) is 2.59. The number of nitrogens with one attached hydrogen (secondary N) is 1. The number of aromatic nitrogens is 1. The minimum atomic E-state index is -4.29. The van der Waals surface area contributed by atoms with Gasteiger partial charge in [0, 0.05) is 18.4 Å². The van der Waals surface area contributed by atoms with E-state index >= 15 is 0 Å². The first kappa shape index (κ1) is 12.8. The summed E-state index contributed by atoms with van der Waals surface area (Å²) in [6.45, 7) is 1.28. The van der Waals surface area contributed by atoms with Crippen molar-refractivity contribution in [3.63, 3.8) is 0 Å². The molecule has 0 spiro atoms. The standard InChI is InChI=1S/C10H13F3N2O/c1-2-14-8-3-4-15-9(5-8)6-16-7-10(11,12)13/h3-5H,2,6-7H2,1H3,(H,14,15). The molecule has 0 aromatic carbocycles. The maximum atomic E-state index is 11.8. The van der Waals surface area contributed by atoms with Gasteiger partial charge >= 0.3 is 6.18 Å². The third kappa shape index (κ3) is 4.97. The molecule has 0 saturated heterocycles. The van der Waals surface area contributed by atoms with Crippen LogP contribution < -0.4 is 5.32 Å². The molecule has 0 aliphatic rings. The number of ether oxygens (including phenoxy) is 1. The second-order valence-corrected chi connectivity index (χ2v) is 3.17. The second kappa shape index (κ2) is 5.69. The molecule has 0 atom stereocenters. The normalized spacial score (nSPS) is 11.5. The Hall–Kier alpha value is -1.30. The zero-order valence-corrected chi connectivity index (χ0v) is 8.84. The Bertz CT molecular complexity index is 328. The number of anilines is 1. The molecule has 0 aliphatic carbocycles. The van der Waals surface area contributed by atoms with Gasteiger partial charge in [-0.05, 0) is 19.1 Å². The van der Waals surface area contributed by atoms with Crippen LogP contribution in [-0.2, 0) is 11.3 Å². The van der Waals surface area contributed by atoms with E-state index in [0.29, 0.717) is 5.69 Å². The summed E-state index contributed by atoms with van der Waals surface area (Å²) in [5.74, 6) is 0. The van der Waals surface area contributed by atoms with E-state index in [9.17, 15) is 13.2 Å². The molecule has 16 heavy (non-hydrogen) atoms. The quantitative estimate of drug-likeness (QED) is 0.850. The fraction of sp³-hybridized carbons (Fsp3) is 0.500. The molecule has 0 unspecified atom stereocenters. The molecule has 0 radical (unpaired) electrons. The first-order chi connectivity index (χ1) is 7.51. The van der Waals surface area contributed by atoms with Gasteiger partial charge in [0.1, 0.15) is 6.61 Å². The SMILES string of the molecule is CCNc1ccnc(COCC(F)(F)F)c1. The minimum Gasteiger partial charge on any atom is -0.385 e. The van der Waals surface area contributed by atoms with E-state index in [1.165, 1.54) is 6.20 Å². The van der Waals surface area contributed by atoms with E-state index in [1.807, 2.05) is 6.92 Å². The lowest BCUT2D eigenvalue weighted by molar-refractivity contribution is -0.176. The molecular weight excluding hydrogens is 221 g/mol. The van der Waals surface area contributed by atoms with Gasteiger partial charge < -0.3 is 10.1 Å². The van der Waals surface area contributed by atoms with Crippen molar-refractivity contribution in [3.8, 4) is 0 Å². The zero-order chi connectivity index (χ0) is 12.0. The Kier molecular flexibility index (Phi) is 4.54. The maximum Gasteiger partial charge on any atom is 0.411 e. The summed E-state index contributed by atoms with van der Waals surface area (Å²) in [6.07, 6.45) is -2.76. The molecule has 0 bridgehead atoms. The smallest absolute Gasteiger partial charge is 0.385 e. The lowest BCUT2D eigenvalue weighted by atomic mass is 10.3.